The minimum Gasteiger partial charge on any atom is -0.391 e. The molecule has 4 aliphatic carbocycles. The Morgan fingerprint density at radius 2 is 1.00 bits per heavy atom. The molecule has 2 nitrogen and oxygen atoms in total. The van der Waals surface area contributed by atoms with Crippen molar-refractivity contribution in [2.24, 2.45) is 0 Å². The maximum atomic E-state index is 6.33. The monoisotopic (exact) mass is 372 g/mol. The first kappa shape index (κ1) is 17.9. The van der Waals surface area contributed by atoms with Gasteiger partial charge in [0, 0.05) is 24.6 Å². The van der Waals surface area contributed by atoms with Crippen LogP contribution in [0.1, 0.15) is 11.1 Å². The Labute approximate surface area is 162 Å². The van der Waals surface area contributed by atoms with Crippen molar-refractivity contribution >= 4 is 18.9 Å². The van der Waals surface area contributed by atoms with Crippen LogP contribution < -0.4 is 10.4 Å². The molecule has 0 radical (unpaired) electrons. The zero-order chi connectivity index (χ0) is 19.0. The molecule has 0 heterocycles. The third-order valence-corrected chi connectivity index (χ3v) is 9.24. The molecule has 0 aromatic rings. The number of rotatable bonds is 4. The van der Waals surface area contributed by atoms with E-state index in [9.17, 15) is 0 Å². The van der Waals surface area contributed by atoms with Crippen LogP contribution in [0.15, 0.2) is 72.8 Å². The Balaban J connectivity index is 2.07. The molecule has 0 N–H and O–H groups in total. The molecule has 136 valence electrons. The summed E-state index contributed by atoms with van der Waals surface area (Å²) in [5, 5.41) is 2.42. The third kappa shape index (κ3) is 2.70. The molecule has 27 heavy (non-hydrogen) atoms. The van der Waals surface area contributed by atoms with Gasteiger partial charge in [0.15, 0.2) is 0 Å². The van der Waals surface area contributed by atoms with Gasteiger partial charge in [-0.05, 0) is 47.2 Å². The Kier molecular flexibility index (Phi) is 4.60. The summed E-state index contributed by atoms with van der Waals surface area (Å²) >= 11 is 0. The molecule has 0 aliphatic heterocycles. The molecular weight excluding hydrogens is 348 g/mol. The predicted octanol–water partition coefficient (Wildman–Crippen LogP) is 4.36. The normalized spacial score (nSPS) is 12.0. The van der Waals surface area contributed by atoms with E-state index in [1.54, 1.807) is 14.2 Å². The summed E-state index contributed by atoms with van der Waals surface area (Å²) in [6.07, 6.45) is 0. The van der Waals surface area contributed by atoms with Crippen LogP contribution in [0.3, 0.4) is 0 Å². The van der Waals surface area contributed by atoms with Gasteiger partial charge in [-0.1, -0.05) is 72.8 Å². The van der Waals surface area contributed by atoms with E-state index in [0.717, 1.165) is 0 Å². The van der Waals surface area contributed by atoms with Gasteiger partial charge in [-0.2, -0.15) is 0 Å². The number of fused-ring (bicyclic) bond motifs is 2. The predicted molar refractivity (Wildman–Crippen MR) is 115 cm³/mol. The molecule has 0 bridgehead atoms. The summed E-state index contributed by atoms with van der Waals surface area (Å²) in [7, 11) is 0.698. The highest BCUT2D eigenvalue weighted by molar-refractivity contribution is 6.95. The van der Waals surface area contributed by atoms with Gasteiger partial charge < -0.3 is 8.85 Å². The van der Waals surface area contributed by atoms with Crippen LogP contribution in [0, 0.1) is 13.8 Å². The minimum atomic E-state index is -2.88. The summed E-state index contributed by atoms with van der Waals surface area (Å²) in [4.78, 5) is 0. The second-order valence-corrected chi connectivity index (χ2v) is 10.0. The van der Waals surface area contributed by atoms with E-state index in [1.807, 2.05) is 0 Å². The van der Waals surface area contributed by atoms with Crippen LogP contribution in [-0.2, 0) is 8.85 Å². The van der Waals surface area contributed by atoms with E-state index in [-0.39, 0.29) is 0 Å². The molecule has 0 atom stereocenters. The largest absolute Gasteiger partial charge is 0.408 e. The van der Waals surface area contributed by atoms with Crippen molar-refractivity contribution in [3.63, 3.8) is 0 Å². The van der Waals surface area contributed by atoms with Crippen molar-refractivity contribution in [1.29, 1.82) is 0 Å². The van der Waals surface area contributed by atoms with E-state index in [0.29, 0.717) is 0 Å². The highest BCUT2D eigenvalue weighted by Gasteiger charge is 2.48. The lowest BCUT2D eigenvalue weighted by Gasteiger charge is -2.30. The van der Waals surface area contributed by atoms with Gasteiger partial charge >= 0.3 is 8.56 Å². The molecule has 4 rings (SSSR count). The Morgan fingerprint density at radius 3 is 1.41 bits per heavy atom. The summed E-state index contributed by atoms with van der Waals surface area (Å²) in [6, 6.07) is 25.6. The topological polar surface area (TPSA) is 18.5 Å². The van der Waals surface area contributed by atoms with E-state index in [1.165, 1.54) is 43.8 Å². The zero-order valence-corrected chi connectivity index (χ0v) is 17.2. The van der Waals surface area contributed by atoms with Gasteiger partial charge in [-0.25, -0.2) is 0 Å². The average Bonchev–Trinajstić information content (AvgIpc) is 2.93. The molecule has 0 saturated carbocycles. The summed E-state index contributed by atoms with van der Waals surface area (Å²) < 4.78 is 12.7. The lowest BCUT2D eigenvalue weighted by atomic mass is 10.2. The molecule has 0 aromatic heterocycles. The van der Waals surface area contributed by atoms with Gasteiger partial charge in [0.25, 0.3) is 0 Å². The van der Waals surface area contributed by atoms with Gasteiger partial charge in [0.2, 0.25) is 0 Å². The highest BCUT2D eigenvalue weighted by Crippen LogP contribution is 2.31. The number of hydrogen-bond donors (Lipinski definition) is 0. The van der Waals surface area contributed by atoms with Gasteiger partial charge in [-0.15, -0.1) is 0 Å². The van der Waals surface area contributed by atoms with E-state index >= 15 is 0 Å². The molecular formula is C24H24O2Si. The fraction of sp³-hybridized carbons (Fsp3) is 0.167. The molecule has 0 spiro atoms. The quantitative estimate of drug-likeness (QED) is 0.496. The van der Waals surface area contributed by atoms with Gasteiger partial charge in [-0.3, -0.25) is 0 Å². The van der Waals surface area contributed by atoms with E-state index in [4.69, 9.17) is 8.85 Å². The molecule has 4 aliphatic rings. The molecule has 0 unspecified atom stereocenters. The van der Waals surface area contributed by atoms with Crippen LogP contribution in [0.4, 0.5) is 0 Å². The lowest BCUT2D eigenvalue weighted by molar-refractivity contribution is 0.273. The smallest absolute Gasteiger partial charge is 0.391 e. The Hall–Kier alpha value is -2.46. The fourth-order valence-electron chi connectivity index (χ4n) is 4.36. The van der Waals surface area contributed by atoms with E-state index in [2.05, 4.69) is 86.6 Å². The molecule has 0 amide bonds. The summed E-state index contributed by atoms with van der Waals surface area (Å²) in [6.45, 7) is 4.32. The van der Waals surface area contributed by atoms with Crippen LogP contribution in [0.2, 0.25) is 0 Å². The first-order valence-corrected chi connectivity index (χ1v) is 11.0. The Morgan fingerprint density at radius 1 is 0.593 bits per heavy atom. The molecule has 0 aromatic carbocycles. The second-order valence-electron chi connectivity index (χ2n) is 6.99. The summed E-state index contributed by atoms with van der Waals surface area (Å²) in [5.41, 5.74) is 7.31. The fourth-order valence-corrected chi connectivity index (χ4v) is 7.94. The standard InChI is InChI=1S/C24H24O2Si/c1-17-15-19-11-7-5-9-13-21(19)23(17)27(25-3,26-4)24-18(2)16-20-12-8-6-10-14-22(20)24/h5-16H,1-4H3. The first-order chi connectivity index (χ1) is 13.1. The van der Waals surface area contributed by atoms with Crippen molar-refractivity contribution in [3.05, 3.63) is 83.9 Å². The number of hydrogen-bond acceptors (Lipinski definition) is 2. The lowest BCUT2D eigenvalue weighted by Crippen LogP contribution is -2.63. The summed E-state index contributed by atoms with van der Waals surface area (Å²) in [5.74, 6) is 0. The van der Waals surface area contributed by atoms with Gasteiger partial charge in [0.05, 0.1) is 0 Å². The molecule has 0 fully saturated rings. The van der Waals surface area contributed by atoms with Crippen LogP contribution >= 0.6 is 0 Å². The van der Waals surface area contributed by atoms with Crippen molar-refractivity contribution < 1.29 is 8.85 Å². The van der Waals surface area contributed by atoms with Crippen LogP contribution in [0.25, 0.3) is 22.3 Å². The van der Waals surface area contributed by atoms with E-state index < -0.39 is 8.56 Å². The average molecular weight is 373 g/mol. The van der Waals surface area contributed by atoms with Crippen molar-refractivity contribution in [3.8, 4) is 22.3 Å². The van der Waals surface area contributed by atoms with Gasteiger partial charge in [0.1, 0.15) is 0 Å². The molecule has 3 heteroatoms. The highest BCUT2D eigenvalue weighted by atomic mass is 28.4. The van der Waals surface area contributed by atoms with Crippen LogP contribution in [-0.4, -0.2) is 22.8 Å². The zero-order valence-electron chi connectivity index (χ0n) is 16.2. The maximum absolute atomic E-state index is 6.33. The minimum absolute atomic E-state index is 1.21. The third-order valence-electron chi connectivity index (χ3n) is 5.45. The van der Waals surface area contributed by atoms with Crippen molar-refractivity contribution in [1.82, 2.24) is 0 Å². The Bertz CT molecular complexity index is 956. The number of aryl methyl sites for hydroxylation is 2. The maximum Gasteiger partial charge on any atom is 0.408 e. The van der Waals surface area contributed by atoms with Crippen molar-refractivity contribution in [2.75, 3.05) is 14.2 Å². The SMILES string of the molecule is CO[Si](OC)(c1c(C)cc2cccccc1-2)c1c(C)cc2cccccc1-2. The second kappa shape index (κ2) is 6.93. The molecule has 0 saturated heterocycles. The van der Waals surface area contributed by atoms with Crippen LogP contribution in [0.5, 0.6) is 0 Å². The van der Waals surface area contributed by atoms with Crippen molar-refractivity contribution in [2.45, 2.75) is 13.8 Å². The first-order valence-electron chi connectivity index (χ1n) is 9.20.